The first-order chi connectivity index (χ1) is 13.1. The quantitative estimate of drug-likeness (QED) is 0.761. The molecule has 0 bridgehead atoms. The van der Waals surface area contributed by atoms with Gasteiger partial charge in [0, 0.05) is 12.1 Å². The minimum Gasteiger partial charge on any atom is -0.459 e. The molecule has 0 amide bonds. The van der Waals surface area contributed by atoms with Gasteiger partial charge in [0.05, 0.1) is 0 Å². The van der Waals surface area contributed by atoms with Crippen LogP contribution in [-0.2, 0) is 26.2 Å². The fourth-order valence-electron chi connectivity index (χ4n) is 3.55. The van der Waals surface area contributed by atoms with E-state index in [1.807, 2.05) is 30.3 Å². The summed E-state index contributed by atoms with van der Waals surface area (Å²) >= 11 is 0. The van der Waals surface area contributed by atoms with Gasteiger partial charge in [0.15, 0.2) is 5.84 Å². The van der Waals surface area contributed by atoms with Crippen molar-refractivity contribution in [2.24, 2.45) is 4.40 Å². The molecule has 2 aliphatic heterocycles. The van der Waals surface area contributed by atoms with E-state index in [1.165, 1.54) is 0 Å². The lowest BCUT2D eigenvalue weighted by molar-refractivity contribution is -0.150. The molecule has 0 aliphatic carbocycles. The number of carbonyl (C=O) groups is 1. The Kier molecular flexibility index (Phi) is 4.70. The molecule has 140 valence electrons. The van der Waals surface area contributed by atoms with E-state index in [0.29, 0.717) is 24.4 Å². The lowest BCUT2D eigenvalue weighted by Crippen LogP contribution is -2.48. The molecule has 27 heavy (non-hydrogen) atoms. The van der Waals surface area contributed by atoms with E-state index in [9.17, 15) is 13.2 Å². The van der Waals surface area contributed by atoms with Crippen LogP contribution < -0.4 is 0 Å². The van der Waals surface area contributed by atoms with Crippen molar-refractivity contribution in [3.05, 3.63) is 65.7 Å². The predicted molar refractivity (Wildman–Crippen MR) is 101 cm³/mol. The van der Waals surface area contributed by atoms with Crippen molar-refractivity contribution in [3.63, 3.8) is 0 Å². The molecule has 2 heterocycles. The summed E-state index contributed by atoms with van der Waals surface area (Å²) in [4.78, 5) is 14.7. The fraction of sp³-hybridized carbons (Fsp3) is 0.300. The second-order valence-electron chi connectivity index (χ2n) is 6.68. The number of ether oxygens (including phenoxy) is 1. The molecule has 4 rings (SSSR count). The topological polar surface area (TPSA) is 76.0 Å². The average Bonchev–Trinajstić information content (AvgIpc) is 2.98. The Hall–Kier alpha value is -2.67. The summed E-state index contributed by atoms with van der Waals surface area (Å²) in [5.74, 6) is 0.00925. The number of piperidine rings is 1. The molecule has 1 saturated heterocycles. The van der Waals surface area contributed by atoms with Crippen LogP contribution in [-0.4, -0.2) is 37.7 Å². The van der Waals surface area contributed by atoms with Crippen molar-refractivity contribution in [3.8, 4) is 0 Å². The van der Waals surface area contributed by atoms with Crippen LogP contribution in [0.15, 0.2) is 63.9 Å². The number of sulfonamides is 1. The minimum atomic E-state index is -3.71. The molecule has 0 N–H and O–H groups in total. The summed E-state index contributed by atoms with van der Waals surface area (Å²) in [6.45, 7) is 0.777. The Morgan fingerprint density at radius 2 is 1.81 bits per heavy atom. The number of benzene rings is 2. The third-order valence-electron chi connectivity index (χ3n) is 4.88. The molecule has 0 aromatic heterocycles. The zero-order chi connectivity index (χ0) is 18.9. The van der Waals surface area contributed by atoms with Crippen molar-refractivity contribution < 1.29 is 17.9 Å². The summed E-state index contributed by atoms with van der Waals surface area (Å²) in [6.07, 6.45) is 2.39. The lowest BCUT2D eigenvalue weighted by atomic mass is 10.0. The largest absolute Gasteiger partial charge is 0.459 e. The number of nitrogens with zero attached hydrogens (tertiary/aromatic N) is 2. The number of fused-ring (bicyclic) bond motifs is 1. The van der Waals surface area contributed by atoms with Gasteiger partial charge in [-0.3, -0.25) is 0 Å². The highest BCUT2D eigenvalue weighted by atomic mass is 32.2. The number of likely N-dealkylation sites (tertiary alicyclic amines) is 1. The van der Waals surface area contributed by atoms with Gasteiger partial charge in [-0.15, -0.1) is 4.40 Å². The molecular weight excluding hydrogens is 364 g/mol. The standard InChI is InChI=1S/C20H20N2O4S/c23-20(26-14-15-8-2-1-3-9-15)17-11-6-7-13-22(17)19-16-10-4-5-12-18(16)27(24,25)21-19/h1-5,8-10,12,17H,6-7,11,13-14H2/t17-/m0/s1. The summed E-state index contributed by atoms with van der Waals surface area (Å²) in [5.41, 5.74) is 1.47. The van der Waals surface area contributed by atoms with Gasteiger partial charge in [-0.25, -0.2) is 4.79 Å². The average molecular weight is 384 g/mol. The summed E-state index contributed by atoms with van der Waals surface area (Å²) < 4.78 is 34.2. The van der Waals surface area contributed by atoms with Crippen LogP contribution in [0.1, 0.15) is 30.4 Å². The first kappa shape index (κ1) is 17.7. The van der Waals surface area contributed by atoms with Gasteiger partial charge in [-0.05, 0) is 37.0 Å². The molecular formula is C20H20N2O4S. The van der Waals surface area contributed by atoms with Crippen molar-refractivity contribution in [1.82, 2.24) is 4.90 Å². The van der Waals surface area contributed by atoms with E-state index in [1.54, 1.807) is 29.2 Å². The number of esters is 1. The molecule has 2 aromatic carbocycles. The molecule has 2 aromatic rings. The van der Waals surface area contributed by atoms with Gasteiger partial charge in [-0.2, -0.15) is 8.42 Å². The zero-order valence-electron chi connectivity index (χ0n) is 14.7. The highest BCUT2D eigenvalue weighted by Crippen LogP contribution is 2.31. The maximum atomic E-state index is 12.7. The van der Waals surface area contributed by atoms with E-state index < -0.39 is 16.1 Å². The molecule has 0 saturated carbocycles. The SMILES string of the molecule is O=C(OCc1ccccc1)[C@@H]1CCCCN1C1=NS(=O)(=O)c2ccccc21. The Labute approximate surface area is 158 Å². The van der Waals surface area contributed by atoms with Gasteiger partial charge in [0.25, 0.3) is 10.0 Å². The van der Waals surface area contributed by atoms with Crippen LogP contribution in [0.4, 0.5) is 0 Å². The Balaban J connectivity index is 1.57. The molecule has 1 fully saturated rings. The molecule has 0 radical (unpaired) electrons. The number of hydrogen-bond donors (Lipinski definition) is 0. The van der Waals surface area contributed by atoms with Crippen molar-refractivity contribution in [2.75, 3.05) is 6.54 Å². The molecule has 0 unspecified atom stereocenters. The van der Waals surface area contributed by atoms with Gasteiger partial charge in [0.1, 0.15) is 17.5 Å². The highest BCUT2D eigenvalue weighted by molar-refractivity contribution is 7.90. The van der Waals surface area contributed by atoms with Crippen LogP contribution in [0.2, 0.25) is 0 Å². The second-order valence-corrected chi connectivity index (χ2v) is 8.26. The van der Waals surface area contributed by atoms with E-state index in [-0.39, 0.29) is 17.5 Å². The summed E-state index contributed by atoms with van der Waals surface area (Å²) in [5, 5.41) is 0. The lowest BCUT2D eigenvalue weighted by Gasteiger charge is -2.35. The number of rotatable bonds is 3. The first-order valence-corrected chi connectivity index (χ1v) is 10.4. The van der Waals surface area contributed by atoms with Gasteiger partial charge in [-0.1, -0.05) is 42.5 Å². The van der Waals surface area contributed by atoms with E-state index in [2.05, 4.69) is 4.40 Å². The van der Waals surface area contributed by atoms with E-state index in [4.69, 9.17) is 4.74 Å². The molecule has 0 spiro atoms. The van der Waals surface area contributed by atoms with Crippen LogP contribution in [0.25, 0.3) is 0 Å². The molecule has 1 atom stereocenters. The van der Waals surface area contributed by atoms with Crippen molar-refractivity contribution in [1.29, 1.82) is 0 Å². The first-order valence-electron chi connectivity index (χ1n) is 8.98. The van der Waals surface area contributed by atoms with Gasteiger partial charge >= 0.3 is 5.97 Å². The maximum absolute atomic E-state index is 12.7. The van der Waals surface area contributed by atoms with Crippen LogP contribution >= 0.6 is 0 Å². The monoisotopic (exact) mass is 384 g/mol. The van der Waals surface area contributed by atoms with Crippen molar-refractivity contribution >= 4 is 21.8 Å². The fourth-order valence-corrected chi connectivity index (χ4v) is 4.77. The second kappa shape index (κ2) is 7.15. The number of hydrogen-bond acceptors (Lipinski definition) is 5. The predicted octanol–water partition coefficient (Wildman–Crippen LogP) is 2.73. The van der Waals surface area contributed by atoms with Gasteiger partial charge in [0.2, 0.25) is 0 Å². The third-order valence-corrected chi connectivity index (χ3v) is 6.21. The van der Waals surface area contributed by atoms with Crippen LogP contribution in [0.5, 0.6) is 0 Å². The van der Waals surface area contributed by atoms with Crippen LogP contribution in [0, 0.1) is 0 Å². The smallest absolute Gasteiger partial charge is 0.329 e. The molecule has 2 aliphatic rings. The molecule has 6 nitrogen and oxygen atoms in total. The summed E-state index contributed by atoms with van der Waals surface area (Å²) in [6, 6.07) is 15.7. The Bertz CT molecular complexity index is 986. The van der Waals surface area contributed by atoms with Crippen molar-refractivity contribution in [2.45, 2.75) is 36.8 Å². The van der Waals surface area contributed by atoms with Gasteiger partial charge < -0.3 is 9.64 Å². The normalized spacial score (nSPS) is 20.7. The Morgan fingerprint density at radius 1 is 1.07 bits per heavy atom. The van der Waals surface area contributed by atoms with E-state index >= 15 is 0 Å². The van der Waals surface area contributed by atoms with Crippen LogP contribution in [0.3, 0.4) is 0 Å². The Morgan fingerprint density at radius 3 is 2.63 bits per heavy atom. The molecule has 7 heteroatoms. The highest BCUT2D eigenvalue weighted by Gasteiger charge is 2.38. The zero-order valence-corrected chi connectivity index (χ0v) is 15.6. The minimum absolute atomic E-state index is 0.196. The number of amidine groups is 1. The summed E-state index contributed by atoms with van der Waals surface area (Å²) in [7, 11) is -3.71. The van der Waals surface area contributed by atoms with E-state index in [0.717, 1.165) is 18.4 Å². The maximum Gasteiger partial charge on any atom is 0.329 e. The number of carbonyl (C=O) groups excluding carboxylic acids is 1. The third kappa shape index (κ3) is 3.47.